The fourth-order valence-electron chi connectivity index (χ4n) is 2.14. The molecule has 3 nitrogen and oxygen atoms in total. The Bertz CT molecular complexity index is 577. The zero-order chi connectivity index (χ0) is 11.1. The quantitative estimate of drug-likeness (QED) is 0.675. The molecule has 1 atom stereocenters. The number of aromatic nitrogens is 1. The van der Waals surface area contributed by atoms with E-state index in [1.807, 2.05) is 31.2 Å². The molecule has 0 fully saturated rings. The number of nitrogens with zero attached hydrogens (tertiary/aromatic N) is 1. The maximum absolute atomic E-state index is 12.0. The molecule has 1 aliphatic rings. The second kappa shape index (κ2) is 3.30. The molecule has 2 heterocycles. The molecule has 80 valence electrons. The number of ketones is 1. The second-order valence-corrected chi connectivity index (χ2v) is 4.06. The van der Waals surface area contributed by atoms with E-state index in [4.69, 9.17) is 4.74 Å². The Morgan fingerprint density at radius 1 is 1.38 bits per heavy atom. The maximum atomic E-state index is 12.0. The molecule has 0 amide bonds. The van der Waals surface area contributed by atoms with Crippen molar-refractivity contribution in [2.45, 2.75) is 19.4 Å². The van der Waals surface area contributed by atoms with Gasteiger partial charge in [-0.2, -0.15) is 0 Å². The van der Waals surface area contributed by atoms with E-state index in [-0.39, 0.29) is 11.9 Å². The Morgan fingerprint density at radius 3 is 3.12 bits per heavy atom. The van der Waals surface area contributed by atoms with E-state index < -0.39 is 0 Å². The van der Waals surface area contributed by atoms with Crippen LogP contribution in [0.25, 0.3) is 10.9 Å². The van der Waals surface area contributed by atoms with Crippen molar-refractivity contribution < 1.29 is 9.53 Å². The minimum Gasteiger partial charge on any atom is -0.489 e. The lowest BCUT2D eigenvalue weighted by molar-refractivity contribution is 0.0874. The van der Waals surface area contributed by atoms with Crippen LogP contribution in [0.1, 0.15) is 23.7 Å². The summed E-state index contributed by atoms with van der Waals surface area (Å²) in [6.07, 6.45) is 2.14. The summed E-state index contributed by atoms with van der Waals surface area (Å²) in [5, 5.41) is 0.886. The molecule has 1 aromatic heterocycles. The van der Waals surface area contributed by atoms with E-state index in [0.29, 0.717) is 17.7 Å². The zero-order valence-corrected chi connectivity index (χ0v) is 8.93. The van der Waals surface area contributed by atoms with Crippen LogP contribution in [0.3, 0.4) is 0 Å². The Morgan fingerprint density at radius 2 is 2.25 bits per heavy atom. The molecule has 1 aliphatic heterocycles. The van der Waals surface area contributed by atoms with Crippen LogP contribution in [0.4, 0.5) is 0 Å². The fraction of sp³-hybridized carbons (Fsp3) is 0.231. The Balaban J connectivity index is 2.33. The Hall–Kier alpha value is -1.90. The summed E-state index contributed by atoms with van der Waals surface area (Å²) in [6.45, 7) is 1.91. The minimum atomic E-state index is -0.0332. The van der Waals surface area contributed by atoms with Crippen LogP contribution in [0, 0.1) is 0 Å². The van der Waals surface area contributed by atoms with Crippen LogP contribution in [0.15, 0.2) is 30.5 Å². The second-order valence-electron chi connectivity index (χ2n) is 4.06. The van der Waals surface area contributed by atoms with Gasteiger partial charge in [0.2, 0.25) is 0 Å². The predicted octanol–water partition coefficient (Wildman–Crippen LogP) is 2.59. The van der Waals surface area contributed by atoms with Gasteiger partial charge in [0.15, 0.2) is 5.78 Å². The molecule has 2 aromatic rings. The number of ether oxygens (including phenoxy) is 1. The van der Waals surface area contributed by atoms with Gasteiger partial charge in [-0.3, -0.25) is 9.78 Å². The third-order valence-corrected chi connectivity index (χ3v) is 2.83. The van der Waals surface area contributed by atoms with Crippen LogP contribution in [-0.4, -0.2) is 16.9 Å². The number of carbonyl (C=O) groups excluding carboxylic acids is 1. The van der Waals surface area contributed by atoms with Crippen molar-refractivity contribution in [2.75, 3.05) is 0 Å². The first-order chi connectivity index (χ1) is 7.75. The summed E-state index contributed by atoms with van der Waals surface area (Å²) in [5.41, 5.74) is 1.52. The highest BCUT2D eigenvalue weighted by Crippen LogP contribution is 2.32. The van der Waals surface area contributed by atoms with Gasteiger partial charge in [-0.15, -0.1) is 0 Å². The molecule has 0 N–H and O–H groups in total. The fourth-order valence-corrected chi connectivity index (χ4v) is 2.14. The van der Waals surface area contributed by atoms with Crippen molar-refractivity contribution in [3.63, 3.8) is 0 Å². The van der Waals surface area contributed by atoms with Crippen molar-refractivity contribution in [1.29, 1.82) is 0 Å². The number of Topliss-reactive ketones (excluding diaryl/α,β-unsaturated/α-hetero) is 1. The van der Waals surface area contributed by atoms with Gasteiger partial charge < -0.3 is 4.74 Å². The van der Waals surface area contributed by atoms with E-state index in [1.54, 1.807) is 6.20 Å². The van der Waals surface area contributed by atoms with E-state index in [1.165, 1.54) is 0 Å². The summed E-state index contributed by atoms with van der Waals surface area (Å²) in [7, 11) is 0. The lowest BCUT2D eigenvalue weighted by Crippen LogP contribution is -2.24. The van der Waals surface area contributed by atoms with Gasteiger partial charge in [0.1, 0.15) is 11.9 Å². The van der Waals surface area contributed by atoms with Crippen LogP contribution >= 0.6 is 0 Å². The Kier molecular flexibility index (Phi) is 1.93. The smallest absolute Gasteiger partial charge is 0.170 e. The molecular formula is C13H11NO2. The van der Waals surface area contributed by atoms with Gasteiger partial charge in [-0.1, -0.05) is 6.07 Å². The van der Waals surface area contributed by atoms with Gasteiger partial charge >= 0.3 is 0 Å². The highest BCUT2D eigenvalue weighted by molar-refractivity contribution is 6.10. The molecule has 0 saturated heterocycles. The maximum Gasteiger partial charge on any atom is 0.170 e. The minimum absolute atomic E-state index is 0.0332. The molecule has 16 heavy (non-hydrogen) atoms. The van der Waals surface area contributed by atoms with E-state index in [0.717, 1.165) is 10.9 Å². The molecule has 0 saturated carbocycles. The molecular weight excluding hydrogens is 202 g/mol. The first kappa shape index (κ1) is 9.33. The summed E-state index contributed by atoms with van der Waals surface area (Å²) in [6, 6.07) is 7.48. The SMILES string of the molecule is C[C@H]1CC(=O)c2c(ccc3ncccc23)O1. The lowest BCUT2D eigenvalue weighted by Gasteiger charge is -2.23. The van der Waals surface area contributed by atoms with Crippen molar-refractivity contribution in [1.82, 2.24) is 4.98 Å². The molecule has 1 aromatic carbocycles. The van der Waals surface area contributed by atoms with Gasteiger partial charge in [0.25, 0.3) is 0 Å². The van der Waals surface area contributed by atoms with E-state index >= 15 is 0 Å². The highest BCUT2D eigenvalue weighted by Gasteiger charge is 2.25. The van der Waals surface area contributed by atoms with Crippen LogP contribution in [-0.2, 0) is 0 Å². The van der Waals surface area contributed by atoms with Gasteiger partial charge in [-0.25, -0.2) is 0 Å². The lowest BCUT2D eigenvalue weighted by atomic mass is 9.97. The molecule has 0 aliphatic carbocycles. The standard InChI is InChI=1S/C13H11NO2/c1-8-7-11(15)13-9-3-2-6-14-10(9)4-5-12(13)16-8/h2-6,8H,7H2,1H3/t8-/m0/s1. The van der Waals surface area contributed by atoms with Crippen LogP contribution in [0.2, 0.25) is 0 Å². The largest absolute Gasteiger partial charge is 0.489 e. The normalized spacial score (nSPS) is 19.3. The average Bonchev–Trinajstić information content (AvgIpc) is 2.28. The Labute approximate surface area is 93.1 Å². The number of benzene rings is 1. The first-order valence-electron chi connectivity index (χ1n) is 5.33. The van der Waals surface area contributed by atoms with Crippen molar-refractivity contribution >= 4 is 16.7 Å². The van der Waals surface area contributed by atoms with Gasteiger partial charge in [-0.05, 0) is 25.1 Å². The topological polar surface area (TPSA) is 39.2 Å². The molecule has 0 spiro atoms. The molecule has 0 unspecified atom stereocenters. The van der Waals surface area contributed by atoms with E-state index in [2.05, 4.69) is 4.98 Å². The first-order valence-corrected chi connectivity index (χ1v) is 5.33. The van der Waals surface area contributed by atoms with Crippen molar-refractivity contribution in [3.8, 4) is 5.75 Å². The van der Waals surface area contributed by atoms with Crippen molar-refractivity contribution in [2.24, 2.45) is 0 Å². The third-order valence-electron chi connectivity index (χ3n) is 2.83. The highest BCUT2D eigenvalue weighted by atomic mass is 16.5. The number of pyridine rings is 1. The number of hydrogen-bond donors (Lipinski definition) is 0. The summed E-state index contributed by atoms with van der Waals surface area (Å²) >= 11 is 0. The summed E-state index contributed by atoms with van der Waals surface area (Å²) in [5.74, 6) is 0.830. The number of rotatable bonds is 0. The molecule has 0 bridgehead atoms. The van der Waals surface area contributed by atoms with Crippen LogP contribution < -0.4 is 4.74 Å². The van der Waals surface area contributed by atoms with Crippen LogP contribution in [0.5, 0.6) is 5.75 Å². The number of carbonyl (C=O) groups is 1. The van der Waals surface area contributed by atoms with Crippen molar-refractivity contribution in [3.05, 3.63) is 36.0 Å². The third kappa shape index (κ3) is 1.28. The summed E-state index contributed by atoms with van der Waals surface area (Å²) in [4.78, 5) is 16.2. The average molecular weight is 213 g/mol. The summed E-state index contributed by atoms with van der Waals surface area (Å²) < 4.78 is 5.66. The van der Waals surface area contributed by atoms with Gasteiger partial charge in [0.05, 0.1) is 11.1 Å². The molecule has 3 rings (SSSR count). The van der Waals surface area contributed by atoms with E-state index in [9.17, 15) is 4.79 Å². The zero-order valence-electron chi connectivity index (χ0n) is 8.93. The predicted molar refractivity (Wildman–Crippen MR) is 60.8 cm³/mol. The monoisotopic (exact) mass is 213 g/mol. The van der Waals surface area contributed by atoms with Gasteiger partial charge in [0, 0.05) is 18.0 Å². The molecule has 0 radical (unpaired) electrons. The number of fused-ring (bicyclic) bond motifs is 3. The molecule has 3 heteroatoms. The number of hydrogen-bond acceptors (Lipinski definition) is 3.